The monoisotopic (exact) mass is 194 g/mol. The quantitative estimate of drug-likeness (QED) is 0.797. The summed E-state index contributed by atoms with van der Waals surface area (Å²) in [5.74, 6) is 0.825. The average molecular weight is 194 g/mol. The Labute approximate surface area is 80.4 Å². The third-order valence-corrected chi connectivity index (χ3v) is 2.80. The molecule has 0 radical (unpaired) electrons. The average Bonchev–Trinajstić information content (AvgIpc) is 2.72. The number of aliphatic hydroxyl groups excluding tert-OH is 1. The summed E-state index contributed by atoms with van der Waals surface area (Å²) >= 11 is 1.54. The summed E-state index contributed by atoms with van der Waals surface area (Å²) in [7, 11) is 0. The van der Waals surface area contributed by atoms with Crippen LogP contribution in [0.25, 0.3) is 0 Å². The Morgan fingerprint density at radius 1 is 1.54 bits per heavy atom. The van der Waals surface area contributed by atoms with Gasteiger partial charge in [0.2, 0.25) is 0 Å². The van der Waals surface area contributed by atoms with E-state index in [1.54, 1.807) is 17.6 Å². The highest BCUT2D eigenvalue weighted by atomic mass is 32.1. The number of furan rings is 1. The van der Waals surface area contributed by atoms with Crippen molar-refractivity contribution in [2.24, 2.45) is 0 Å². The smallest absolute Gasteiger partial charge is 0.116 e. The number of rotatable bonds is 2. The van der Waals surface area contributed by atoms with Crippen molar-refractivity contribution in [1.82, 2.24) is 0 Å². The van der Waals surface area contributed by atoms with Gasteiger partial charge in [-0.15, -0.1) is 11.3 Å². The fourth-order valence-corrected chi connectivity index (χ4v) is 1.95. The normalized spacial score (nSPS) is 13.1. The van der Waals surface area contributed by atoms with Crippen molar-refractivity contribution < 1.29 is 9.52 Å². The van der Waals surface area contributed by atoms with Crippen molar-refractivity contribution in [3.8, 4) is 0 Å². The lowest BCUT2D eigenvalue weighted by molar-refractivity contribution is 0.223. The Kier molecular flexibility index (Phi) is 2.20. The minimum absolute atomic E-state index is 0.544. The van der Waals surface area contributed by atoms with E-state index in [0.29, 0.717) is 0 Å². The summed E-state index contributed by atoms with van der Waals surface area (Å²) in [4.78, 5) is 0.945. The van der Waals surface area contributed by atoms with Crippen LogP contribution >= 0.6 is 11.3 Å². The molecule has 0 aliphatic heterocycles. The van der Waals surface area contributed by atoms with E-state index >= 15 is 0 Å². The Hall–Kier alpha value is -1.06. The highest BCUT2D eigenvalue weighted by molar-refractivity contribution is 7.10. The number of aliphatic hydroxyl groups is 1. The standard InChI is InChI=1S/C10H10O2S/c1-7-5-8(6-12-7)10(11)9-3-2-4-13-9/h2-6,10-11H,1H3. The van der Waals surface area contributed by atoms with Gasteiger partial charge in [-0.1, -0.05) is 6.07 Å². The minimum atomic E-state index is -0.544. The lowest BCUT2D eigenvalue weighted by atomic mass is 10.1. The Morgan fingerprint density at radius 3 is 2.92 bits per heavy atom. The van der Waals surface area contributed by atoms with Crippen molar-refractivity contribution in [3.63, 3.8) is 0 Å². The van der Waals surface area contributed by atoms with Crippen molar-refractivity contribution in [2.75, 3.05) is 0 Å². The zero-order chi connectivity index (χ0) is 9.26. The van der Waals surface area contributed by atoms with E-state index in [1.165, 1.54) is 0 Å². The van der Waals surface area contributed by atoms with Crippen LogP contribution in [0.15, 0.2) is 34.3 Å². The van der Waals surface area contributed by atoms with Gasteiger partial charge in [0.1, 0.15) is 11.9 Å². The summed E-state index contributed by atoms with van der Waals surface area (Å²) in [6.07, 6.45) is 1.05. The molecular weight excluding hydrogens is 184 g/mol. The van der Waals surface area contributed by atoms with Crippen LogP contribution < -0.4 is 0 Å². The van der Waals surface area contributed by atoms with Gasteiger partial charge in [0.25, 0.3) is 0 Å². The maximum Gasteiger partial charge on any atom is 0.116 e. The second-order valence-corrected chi connectivity index (χ2v) is 3.89. The summed E-state index contributed by atoms with van der Waals surface area (Å²) in [6.45, 7) is 1.87. The van der Waals surface area contributed by atoms with Gasteiger partial charge in [-0.2, -0.15) is 0 Å². The van der Waals surface area contributed by atoms with Gasteiger partial charge < -0.3 is 9.52 Å². The molecule has 0 aromatic carbocycles. The van der Waals surface area contributed by atoms with E-state index in [2.05, 4.69) is 0 Å². The zero-order valence-electron chi connectivity index (χ0n) is 7.23. The lowest BCUT2D eigenvalue weighted by Gasteiger charge is -2.03. The van der Waals surface area contributed by atoms with Crippen LogP contribution in [-0.4, -0.2) is 5.11 Å². The molecule has 13 heavy (non-hydrogen) atoms. The molecule has 2 nitrogen and oxygen atoms in total. The maximum absolute atomic E-state index is 9.84. The van der Waals surface area contributed by atoms with Crippen LogP contribution in [-0.2, 0) is 0 Å². The SMILES string of the molecule is Cc1cc(C(O)c2cccs2)co1. The third kappa shape index (κ3) is 1.66. The van der Waals surface area contributed by atoms with Gasteiger partial charge in [0, 0.05) is 10.4 Å². The first-order chi connectivity index (χ1) is 6.27. The van der Waals surface area contributed by atoms with Crippen molar-refractivity contribution in [2.45, 2.75) is 13.0 Å². The van der Waals surface area contributed by atoms with E-state index in [0.717, 1.165) is 16.2 Å². The van der Waals surface area contributed by atoms with E-state index in [4.69, 9.17) is 4.42 Å². The van der Waals surface area contributed by atoms with Crippen molar-refractivity contribution >= 4 is 11.3 Å². The Balaban J connectivity index is 2.28. The van der Waals surface area contributed by atoms with Crippen molar-refractivity contribution in [1.29, 1.82) is 0 Å². The summed E-state index contributed by atoms with van der Waals surface area (Å²) in [5.41, 5.74) is 0.819. The largest absolute Gasteiger partial charge is 0.469 e. The molecule has 2 heterocycles. The van der Waals surface area contributed by atoms with Gasteiger partial charge in [0.05, 0.1) is 6.26 Å². The van der Waals surface area contributed by atoms with Gasteiger partial charge in [0.15, 0.2) is 0 Å². The topological polar surface area (TPSA) is 33.4 Å². The van der Waals surface area contributed by atoms with Crippen LogP contribution in [0, 0.1) is 6.92 Å². The third-order valence-electron chi connectivity index (χ3n) is 1.88. The maximum atomic E-state index is 9.84. The molecule has 0 fully saturated rings. The zero-order valence-corrected chi connectivity index (χ0v) is 8.04. The second-order valence-electron chi connectivity index (χ2n) is 2.91. The number of thiophene rings is 1. The molecule has 0 saturated carbocycles. The molecule has 1 N–H and O–H groups in total. The van der Waals surface area contributed by atoms with Crippen LogP contribution in [0.1, 0.15) is 22.3 Å². The van der Waals surface area contributed by atoms with Gasteiger partial charge in [-0.3, -0.25) is 0 Å². The Bertz CT molecular complexity index is 375. The fraction of sp³-hybridized carbons (Fsp3) is 0.200. The van der Waals surface area contributed by atoms with Gasteiger partial charge in [-0.25, -0.2) is 0 Å². The second kappa shape index (κ2) is 3.36. The minimum Gasteiger partial charge on any atom is -0.469 e. The van der Waals surface area contributed by atoms with E-state index in [-0.39, 0.29) is 0 Å². The molecule has 0 saturated heterocycles. The number of hydrogen-bond acceptors (Lipinski definition) is 3. The lowest BCUT2D eigenvalue weighted by Crippen LogP contribution is -1.93. The highest BCUT2D eigenvalue weighted by Gasteiger charge is 2.12. The Morgan fingerprint density at radius 2 is 2.38 bits per heavy atom. The fourth-order valence-electron chi connectivity index (χ4n) is 1.22. The first kappa shape index (κ1) is 8.53. The summed E-state index contributed by atoms with van der Waals surface area (Å²) in [5, 5.41) is 11.8. The molecule has 68 valence electrons. The molecule has 1 unspecified atom stereocenters. The van der Waals surface area contributed by atoms with E-state index in [9.17, 15) is 5.11 Å². The van der Waals surface area contributed by atoms with Crippen LogP contribution in [0.5, 0.6) is 0 Å². The van der Waals surface area contributed by atoms with E-state index in [1.807, 2.05) is 30.5 Å². The predicted octanol–water partition coefficient (Wildman–Crippen LogP) is 2.73. The molecule has 3 heteroatoms. The molecule has 0 bridgehead atoms. The molecule has 2 aromatic rings. The van der Waals surface area contributed by atoms with Gasteiger partial charge in [-0.05, 0) is 24.4 Å². The molecule has 2 aromatic heterocycles. The molecule has 2 rings (SSSR count). The number of aryl methyl sites for hydroxylation is 1. The van der Waals surface area contributed by atoms with Crippen LogP contribution in [0.3, 0.4) is 0 Å². The molecule has 0 aliphatic carbocycles. The summed E-state index contributed by atoms with van der Waals surface area (Å²) < 4.78 is 5.13. The molecule has 0 aliphatic rings. The highest BCUT2D eigenvalue weighted by Crippen LogP contribution is 2.26. The van der Waals surface area contributed by atoms with Gasteiger partial charge >= 0.3 is 0 Å². The first-order valence-electron chi connectivity index (χ1n) is 4.04. The molecule has 1 atom stereocenters. The predicted molar refractivity (Wildman–Crippen MR) is 51.8 cm³/mol. The number of hydrogen-bond donors (Lipinski definition) is 1. The van der Waals surface area contributed by atoms with E-state index < -0.39 is 6.10 Å². The molecule has 0 spiro atoms. The van der Waals surface area contributed by atoms with Crippen LogP contribution in [0.4, 0.5) is 0 Å². The van der Waals surface area contributed by atoms with Crippen molar-refractivity contribution in [3.05, 3.63) is 46.0 Å². The first-order valence-corrected chi connectivity index (χ1v) is 4.92. The summed E-state index contributed by atoms with van der Waals surface area (Å²) in [6, 6.07) is 5.69. The molecular formula is C10H10O2S. The van der Waals surface area contributed by atoms with Crippen LogP contribution in [0.2, 0.25) is 0 Å². The molecule has 0 amide bonds.